The summed E-state index contributed by atoms with van der Waals surface area (Å²) in [6.45, 7) is 4.19. The molecule has 0 aromatic heterocycles. The monoisotopic (exact) mass is 120 g/mol. The summed E-state index contributed by atoms with van der Waals surface area (Å²) in [5, 5.41) is 8.77. The maximum Gasteiger partial charge on any atom is 0.0467 e. The van der Waals surface area contributed by atoms with Gasteiger partial charge in [0, 0.05) is 11.9 Å². The summed E-state index contributed by atoms with van der Waals surface area (Å²) in [4.78, 5) is 0. The van der Waals surface area contributed by atoms with Crippen LogP contribution in [0.1, 0.15) is 13.8 Å². The Morgan fingerprint density at radius 1 is 1.57 bits per heavy atom. The van der Waals surface area contributed by atoms with Crippen LogP contribution in [-0.2, 0) is 0 Å². The van der Waals surface area contributed by atoms with Crippen molar-refractivity contribution in [2.45, 2.75) is 19.1 Å². The molecule has 0 saturated heterocycles. The van der Waals surface area contributed by atoms with Crippen molar-refractivity contribution >= 4 is 12.6 Å². The van der Waals surface area contributed by atoms with Gasteiger partial charge in [-0.1, -0.05) is 13.8 Å². The van der Waals surface area contributed by atoms with Crippen LogP contribution in [0.5, 0.6) is 0 Å². The summed E-state index contributed by atoms with van der Waals surface area (Å²) < 4.78 is 0. The molecule has 0 heterocycles. The Hall–Kier alpha value is 0.310. The first-order valence-electron chi connectivity index (χ1n) is 2.47. The first-order chi connectivity index (χ1) is 3.18. The van der Waals surface area contributed by atoms with Crippen LogP contribution in [0.15, 0.2) is 0 Å². The Bertz CT molecular complexity index is 45.3. The maximum atomic E-state index is 8.46. The molecule has 0 aliphatic carbocycles. The molecule has 0 aliphatic rings. The predicted octanol–water partition coefficient (Wildman–Crippen LogP) is 0.933. The lowest BCUT2D eigenvalue weighted by Gasteiger charge is -2.08. The first kappa shape index (κ1) is 7.31. The van der Waals surface area contributed by atoms with Crippen LogP contribution in [-0.4, -0.2) is 17.0 Å². The van der Waals surface area contributed by atoms with Crippen LogP contribution in [0, 0.1) is 5.92 Å². The Morgan fingerprint density at radius 3 is 2.00 bits per heavy atom. The molecule has 0 unspecified atom stereocenters. The lowest BCUT2D eigenvalue weighted by molar-refractivity contribution is 0.238. The second-order valence-electron chi connectivity index (χ2n) is 1.90. The lowest BCUT2D eigenvalue weighted by Crippen LogP contribution is -2.10. The molecule has 44 valence electrons. The fourth-order valence-corrected chi connectivity index (χ4v) is 0.247. The number of aliphatic hydroxyl groups excluding tert-OH is 1. The van der Waals surface area contributed by atoms with E-state index >= 15 is 0 Å². The zero-order valence-corrected chi connectivity index (χ0v) is 5.65. The van der Waals surface area contributed by atoms with E-state index in [1.54, 1.807) is 0 Å². The van der Waals surface area contributed by atoms with Gasteiger partial charge in [0.2, 0.25) is 0 Å². The van der Waals surface area contributed by atoms with Gasteiger partial charge in [-0.25, -0.2) is 0 Å². The van der Waals surface area contributed by atoms with Crippen LogP contribution in [0.2, 0.25) is 0 Å². The zero-order valence-electron chi connectivity index (χ0n) is 4.76. The Labute approximate surface area is 50.1 Å². The van der Waals surface area contributed by atoms with Crippen molar-refractivity contribution < 1.29 is 5.11 Å². The predicted molar refractivity (Wildman–Crippen MR) is 34.7 cm³/mol. The minimum absolute atomic E-state index is 0.241. The Kier molecular flexibility index (Phi) is 3.48. The van der Waals surface area contributed by atoms with Gasteiger partial charge in [0.25, 0.3) is 0 Å². The van der Waals surface area contributed by atoms with Gasteiger partial charge < -0.3 is 5.11 Å². The van der Waals surface area contributed by atoms with Gasteiger partial charge in [-0.2, -0.15) is 12.6 Å². The van der Waals surface area contributed by atoms with Gasteiger partial charge in [-0.3, -0.25) is 0 Å². The molecule has 0 bridgehead atoms. The summed E-state index contributed by atoms with van der Waals surface area (Å²) in [6.07, 6.45) is 0. The minimum Gasteiger partial charge on any atom is -0.396 e. The summed E-state index contributed by atoms with van der Waals surface area (Å²) >= 11 is 4.11. The lowest BCUT2D eigenvalue weighted by atomic mass is 10.1. The summed E-state index contributed by atoms with van der Waals surface area (Å²) in [5.41, 5.74) is 0. The molecule has 0 rings (SSSR count). The molecule has 0 spiro atoms. The van der Waals surface area contributed by atoms with E-state index in [9.17, 15) is 0 Å². The average Bonchev–Trinajstić information content (AvgIpc) is 1.65. The molecule has 2 atom stereocenters. The number of rotatable bonds is 2. The van der Waals surface area contributed by atoms with E-state index in [0.29, 0.717) is 11.2 Å². The zero-order chi connectivity index (χ0) is 5.86. The summed E-state index contributed by atoms with van der Waals surface area (Å²) in [6, 6.07) is 0. The fourth-order valence-electron chi connectivity index (χ4n) is 0.153. The fraction of sp³-hybridized carbons (Fsp3) is 1.00. The van der Waals surface area contributed by atoms with Crippen LogP contribution in [0.25, 0.3) is 0 Å². The normalized spacial score (nSPS) is 18.9. The molecular weight excluding hydrogens is 108 g/mol. The molecule has 0 saturated carbocycles. The highest BCUT2D eigenvalue weighted by atomic mass is 32.1. The molecule has 0 amide bonds. The highest BCUT2D eigenvalue weighted by molar-refractivity contribution is 7.80. The van der Waals surface area contributed by atoms with Crippen molar-refractivity contribution in [2.75, 3.05) is 6.61 Å². The number of thiol groups is 1. The van der Waals surface area contributed by atoms with Crippen molar-refractivity contribution in [3.63, 3.8) is 0 Å². The van der Waals surface area contributed by atoms with E-state index in [4.69, 9.17) is 5.11 Å². The molecule has 0 fully saturated rings. The molecule has 0 aliphatic heterocycles. The third kappa shape index (κ3) is 2.94. The van der Waals surface area contributed by atoms with E-state index in [1.165, 1.54) is 0 Å². The standard InChI is InChI=1S/C5H12OS/c1-4(3-6)5(2)7/h4-7H,3H2,1-2H3/t4-,5+/m0/s1. The SMILES string of the molecule is C[C@@H](S)[C@@H](C)CO. The van der Waals surface area contributed by atoms with Crippen LogP contribution in [0.3, 0.4) is 0 Å². The van der Waals surface area contributed by atoms with Gasteiger partial charge in [-0.15, -0.1) is 0 Å². The van der Waals surface area contributed by atoms with Gasteiger partial charge in [0.05, 0.1) is 0 Å². The third-order valence-electron chi connectivity index (χ3n) is 1.11. The van der Waals surface area contributed by atoms with E-state index in [1.807, 2.05) is 13.8 Å². The van der Waals surface area contributed by atoms with Crippen molar-refractivity contribution in [1.82, 2.24) is 0 Å². The maximum absolute atomic E-state index is 8.46. The van der Waals surface area contributed by atoms with Crippen LogP contribution in [0.4, 0.5) is 0 Å². The van der Waals surface area contributed by atoms with Crippen LogP contribution < -0.4 is 0 Å². The summed E-state index contributed by atoms with van der Waals surface area (Å²) in [7, 11) is 0. The smallest absolute Gasteiger partial charge is 0.0467 e. The molecular formula is C5H12OS. The topological polar surface area (TPSA) is 20.2 Å². The number of hydrogen-bond acceptors (Lipinski definition) is 2. The number of hydrogen-bond donors (Lipinski definition) is 2. The molecule has 0 aromatic carbocycles. The van der Waals surface area contributed by atoms with Gasteiger partial charge in [0.1, 0.15) is 0 Å². The average molecular weight is 120 g/mol. The summed E-state index contributed by atoms with van der Waals surface area (Å²) in [5.74, 6) is 0.323. The van der Waals surface area contributed by atoms with Crippen molar-refractivity contribution in [2.24, 2.45) is 5.92 Å². The highest BCUT2D eigenvalue weighted by Gasteiger charge is 2.03. The molecule has 1 nitrogen and oxygen atoms in total. The van der Waals surface area contributed by atoms with E-state index in [0.717, 1.165) is 0 Å². The van der Waals surface area contributed by atoms with Crippen molar-refractivity contribution in [1.29, 1.82) is 0 Å². The van der Waals surface area contributed by atoms with E-state index < -0.39 is 0 Å². The van der Waals surface area contributed by atoms with Gasteiger partial charge in [0.15, 0.2) is 0 Å². The van der Waals surface area contributed by atoms with Crippen molar-refractivity contribution in [3.05, 3.63) is 0 Å². The largest absolute Gasteiger partial charge is 0.396 e. The molecule has 2 heteroatoms. The number of aliphatic hydroxyl groups is 1. The Morgan fingerprint density at radius 2 is 2.00 bits per heavy atom. The first-order valence-corrected chi connectivity index (χ1v) is 2.99. The van der Waals surface area contributed by atoms with Crippen LogP contribution >= 0.6 is 12.6 Å². The third-order valence-corrected chi connectivity index (χ3v) is 1.62. The van der Waals surface area contributed by atoms with E-state index in [-0.39, 0.29) is 6.61 Å². The molecule has 1 N–H and O–H groups in total. The van der Waals surface area contributed by atoms with Crippen molar-refractivity contribution in [3.8, 4) is 0 Å². The second kappa shape index (κ2) is 3.33. The van der Waals surface area contributed by atoms with E-state index in [2.05, 4.69) is 12.6 Å². The van der Waals surface area contributed by atoms with Gasteiger partial charge in [-0.05, 0) is 5.92 Å². The Balaban J connectivity index is 3.14. The quantitative estimate of drug-likeness (QED) is 0.519. The molecule has 0 aromatic rings. The van der Waals surface area contributed by atoms with Gasteiger partial charge >= 0.3 is 0 Å². The minimum atomic E-state index is 0.241. The molecule has 0 radical (unpaired) electrons. The molecule has 7 heavy (non-hydrogen) atoms. The highest BCUT2D eigenvalue weighted by Crippen LogP contribution is 2.05. The second-order valence-corrected chi connectivity index (χ2v) is 2.72.